The Morgan fingerprint density at radius 3 is 1.61 bits per heavy atom. The van der Waals surface area contributed by atoms with Crippen LogP contribution in [0.25, 0.3) is 0 Å². The molecule has 2 saturated carbocycles. The smallest absolute Gasteiger partial charge is 0.307 e. The molecule has 0 amide bonds. The fraction of sp³-hybridized carbons (Fsp3) is 0.778. The van der Waals surface area contributed by atoms with E-state index in [0.29, 0.717) is 40.4 Å². The van der Waals surface area contributed by atoms with E-state index in [2.05, 4.69) is 41.5 Å². The van der Waals surface area contributed by atoms with Gasteiger partial charge in [-0.25, -0.2) is 8.42 Å². The van der Waals surface area contributed by atoms with Crippen LogP contribution in [-0.2, 0) is 18.5 Å². The fourth-order valence-corrected chi connectivity index (χ4v) is 9.71. The number of rotatable bonds is 8. The van der Waals surface area contributed by atoms with Crippen LogP contribution in [0, 0.1) is 42.4 Å². The van der Waals surface area contributed by atoms with E-state index in [1.54, 1.807) is 12.1 Å². The molecule has 4 nitrogen and oxygen atoms in total. The van der Waals surface area contributed by atoms with Crippen LogP contribution in [0.1, 0.15) is 85.6 Å². The zero-order chi connectivity index (χ0) is 24.3. The Labute approximate surface area is 203 Å². The van der Waals surface area contributed by atoms with E-state index in [1.165, 1.54) is 12.8 Å². The molecule has 0 aliphatic heterocycles. The summed E-state index contributed by atoms with van der Waals surface area (Å²) in [4.78, 5) is 0.314. The van der Waals surface area contributed by atoms with Gasteiger partial charge in [0.05, 0.1) is 17.1 Å². The minimum absolute atomic E-state index is 0.0707. The van der Waals surface area contributed by atoms with E-state index in [0.717, 1.165) is 31.2 Å². The molecule has 2 aliphatic rings. The Bertz CT molecular complexity index is 817. The van der Waals surface area contributed by atoms with Crippen molar-refractivity contribution in [2.75, 3.05) is 0 Å². The summed E-state index contributed by atoms with van der Waals surface area (Å²) >= 11 is 0. The van der Waals surface area contributed by atoms with Gasteiger partial charge in [0.1, 0.15) is 0 Å². The lowest BCUT2D eigenvalue weighted by atomic mass is 9.75. The van der Waals surface area contributed by atoms with Crippen LogP contribution >= 0.6 is 7.58 Å². The molecule has 0 heterocycles. The normalized spacial score (nSPS) is 32.3. The molecule has 3 rings (SSSR count). The van der Waals surface area contributed by atoms with Crippen LogP contribution in [0.15, 0.2) is 29.2 Å². The molecule has 0 N–H and O–H groups in total. The molecule has 0 aromatic heterocycles. The van der Waals surface area contributed by atoms with E-state index >= 15 is 0 Å². The van der Waals surface area contributed by atoms with Gasteiger partial charge in [0.25, 0.3) is 0 Å². The van der Waals surface area contributed by atoms with Crippen LogP contribution in [0.2, 0.25) is 0 Å². The Balaban J connectivity index is 1.94. The summed E-state index contributed by atoms with van der Waals surface area (Å²) in [6.07, 6.45) is 6.21. The Morgan fingerprint density at radius 2 is 1.21 bits per heavy atom. The van der Waals surface area contributed by atoms with E-state index in [1.807, 2.05) is 19.1 Å². The van der Waals surface area contributed by atoms with Crippen molar-refractivity contribution < 1.29 is 17.5 Å². The van der Waals surface area contributed by atoms with Gasteiger partial charge in [0.15, 0.2) is 0 Å². The van der Waals surface area contributed by atoms with Crippen LogP contribution in [0.5, 0.6) is 0 Å². The van der Waals surface area contributed by atoms with E-state index in [4.69, 9.17) is 9.05 Å². The van der Waals surface area contributed by atoms with Crippen molar-refractivity contribution in [1.82, 2.24) is 0 Å². The SMILES string of the molecule is Cc1ccc(S(=O)(=O)P(OC2C[C@H](C)CC[C@H]2C(C)C)O[C@@H]2C[C@H](C)CC[C@H]2C(C)C)cc1. The lowest BCUT2D eigenvalue weighted by Gasteiger charge is -2.41. The van der Waals surface area contributed by atoms with Gasteiger partial charge in [-0.05, 0) is 80.2 Å². The second-order valence-corrected chi connectivity index (χ2v) is 16.1. The highest BCUT2D eigenvalue weighted by Gasteiger charge is 2.43. The van der Waals surface area contributed by atoms with Crippen molar-refractivity contribution in [2.45, 2.75) is 104 Å². The zero-order valence-electron chi connectivity index (χ0n) is 21.7. The molecule has 1 aromatic rings. The van der Waals surface area contributed by atoms with Crippen molar-refractivity contribution in [1.29, 1.82) is 0 Å². The highest BCUT2D eigenvalue weighted by Crippen LogP contribution is 2.56. The maximum Gasteiger partial charge on any atom is 0.307 e. The maximum atomic E-state index is 13.9. The Kier molecular flexibility index (Phi) is 9.45. The second-order valence-electron chi connectivity index (χ2n) is 11.5. The topological polar surface area (TPSA) is 52.6 Å². The number of benzene rings is 1. The van der Waals surface area contributed by atoms with Gasteiger partial charge >= 0.3 is 7.58 Å². The first-order valence-corrected chi connectivity index (χ1v) is 16.2. The highest BCUT2D eigenvalue weighted by atomic mass is 32.8. The van der Waals surface area contributed by atoms with Crippen LogP contribution in [0.3, 0.4) is 0 Å². The standard InChI is InChI=1S/C27H45O4PS/c1-18(2)24-14-10-21(6)16-26(24)30-32(33(28,29)23-12-8-20(5)9-13-23)31-27-17-22(7)11-15-25(27)19(3)4/h8-9,12-13,18-19,21-22,24-27H,10-11,14-17H2,1-7H3/t21-,22-,24+,25+,26-,27?,32?/m1/s1. The van der Waals surface area contributed by atoms with Crippen LogP contribution in [0.4, 0.5) is 0 Å². The van der Waals surface area contributed by atoms with E-state index < -0.39 is 17.0 Å². The summed E-state index contributed by atoms with van der Waals surface area (Å²) in [6.45, 7) is 15.4. The fourth-order valence-electron chi connectivity index (χ4n) is 5.63. The molecular formula is C27H45O4PS. The summed E-state index contributed by atoms with van der Waals surface area (Å²) in [5, 5.41) is 0. The highest BCUT2D eigenvalue weighted by molar-refractivity contribution is 8.47. The molecule has 7 atom stereocenters. The van der Waals surface area contributed by atoms with Gasteiger partial charge < -0.3 is 9.05 Å². The minimum atomic E-state index is -3.73. The molecule has 0 spiro atoms. The third-order valence-corrected chi connectivity index (χ3v) is 12.4. The molecule has 2 aliphatic carbocycles. The summed E-state index contributed by atoms with van der Waals surface area (Å²) in [5.74, 6) is 2.74. The van der Waals surface area contributed by atoms with Gasteiger partial charge in [-0.2, -0.15) is 0 Å². The molecule has 0 radical (unpaired) electrons. The number of hydrogen-bond donors (Lipinski definition) is 0. The van der Waals surface area contributed by atoms with Gasteiger partial charge in [-0.1, -0.05) is 72.1 Å². The largest absolute Gasteiger partial charge is 0.319 e. The first-order valence-electron chi connectivity index (χ1n) is 12.9. The summed E-state index contributed by atoms with van der Waals surface area (Å²) in [6, 6.07) is 7.14. The molecular weight excluding hydrogens is 451 g/mol. The van der Waals surface area contributed by atoms with Crippen molar-refractivity contribution in [3.05, 3.63) is 29.8 Å². The van der Waals surface area contributed by atoms with E-state index in [-0.39, 0.29) is 12.2 Å². The predicted octanol–water partition coefficient (Wildman–Crippen LogP) is 7.95. The Hall–Kier alpha value is -0.480. The second kappa shape index (κ2) is 11.5. The molecule has 0 bridgehead atoms. The average Bonchev–Trinajstić information content (AvgIpc) is 2.73. The molecule has 33 heavy (non-hydrogen) atoms. The molecule has 0 saturated heterocycles. The lowest BCUT2D eigenvalue weighted by Crippen LogP contribution is -2.36. The molecule has 6 heteroatoms. The first kappa shape index (κ1) is 27.1. The molecule has 188 valence electrons. The van der Waals surface area contributed by atoms with Crippen molar-refractivity contribution in [3.63, 3.8) is 0 Å². The number of aryl methyl sites for hydroxylation is 1. The predicted molar refractivity (Wildman–Crippen MR) is 138 cm³/mol. The van der Waals surface area contributed by atoms with Crippen molar-refractivity contribution >= 4 is 17.0 Å². The van der Waals surface area contributed by atoms with Crippen LogP contribution in [-0.4, -0.2) is 20.6 Å². The van der Waals surface area contributed by atoms with Crippen LogP contribution < -0.4 is 0 Å². The minimum Gasteiger partial charge on any atom is -0.319 e. The molecule has 2 unspecified atom stereocenters. The quantitative estimate of drug-likeness (QED) is 0.343. The van der Waals surface area contributed by atoms with Crippen molar-refractivity contribution in [2.24, 2.45) is 35.5 Å². The summed E-state index contributed by atoms with van der Waals surface area (Å²) < 4.78 is 41.0. The van der Waals surface area contributed by atoms with Gasteiger partial charge in [0.2, 0.25) is 9.46 Å². The zero-order valence-corrected chi connectivity index (χ0v) is 23.4. The van der Waals surface area contributed by atoms with Gasteiger partial charge in [-0.3, -0.25) is 0 Å². The third-order valence-electron chi connectivity index (χ3n) is 7.88. The average molecular weight is 497 g/mol. The third kappa shape index (κ3) is 6.81. The first-order chi connectivity index (χ1) is 15.5. The maximum absolute atomic E-state index is 13.9. The summed E-state index contributed by atoms with van der Waals surface area (Å²) in [7, 11) is -5.83. The van der Waals surface area contributed by atoms with Gasteiger partial charge in [0, 0.05) is 0 Å². The van der Waals surface area contributed by atoms with Gasteiger partial charge in [-0.15, -0.1) is 0 Å². The molecule has 2 fully saturated rings. The van der Waals surface area contributed by atoms with E-state index in [9.17, 15) is 8.42 Å². The Morgan fingerprint density at radius 1 is 0.788 bits per heavy atom. The lowest BCUT2D eigenvalue weighted by molar-refractivity contribution is 0.0145. The number of hydrogen-bond acceptors (Lipinski definition) is 4. The monoisotopic (exact) mass is 496 g/mol. The summed E-state index contributed by atoms with van der Waals surface area (Å²) in [5.41, 5.74) is 1.04. The van der Waals surface area contributed by atoms with Crippen molar-refractivity contribution in [3.8, 4) is 0 Å². The molecule has 1 aromatic carbocycles.